The molecule has 0 amide bonds. The third kappa shape index (κ3) is 3.94. The fourth-order valence-corrected chi connectivity index (χ4v) is 3.56. The van der Waals surface area contributed by atoms with Crippen LogP contribution in [0.15, 0.2) is 41.8 Å². The van der Waals surface area contributed by atoms with Gasteiger partial charge in [0.05, 0.1) is 12.7 Å². The van der Waals surface area contributed by atoms with Crippen molar-refractivity contribution in [1.29, 1.82) is 0 Å². The first-order valence-corrected chi connectivity index (χ1v) is 9.04. The molecule has 0 spiro atoms. The van der Waals surface area contributed by atoms with Gasteiger partial charge in [0.2, 0.25) is 6.29 Å². The predicted octanol–water partition coefficient (Wildman–Crippen LogP) is 4.61. The molecular weight excluding hydrogens is 336 g/mol. The highest BCUT2D eigenvalue weighted by molar-refractivity contribution is 7.11. The van der Waals surface area contributed by atoms with Gasteiger partial charge in [-0.2, -0.15) is 0 Å². The molecular formula is C20H22O4S. The average Bonchev–Trinajstić information content (AvgIpc) is 3.03. The van der Waals surface area contributed by atoms with Crippen molar-refractivity contribution in [3.8, 4) is 5.75 Å². The predicted molar refractivity (Wildman–Crippen MR) is 99.4 cm³/mol. The van der Waals surface area contributed by atoms with Crippen LogP contribution in [0.25, 0.3) is 11.6 Å². The summed E-state index contributed by atoms with van der Waals surface area (Å²) in [6.45, 7) is 5.82. The lowest BCUT2D eigenvalue weighted by atomic mass is 9.95. The van der Waals surface area contributed by atoms with E-state index in [9.17, 15) is 4.79 Å². The molecule has 0 saturated heterocycles. The molecule has 0 bridgehead atoms. The van der Waals surface area contributed by atoms with Gasteiger partial charge in [0.15, 0.2) is 0 Å². The van der Waals surface area contributed by atoms with Crippen molar-refractivity contribution in [2.45, 2.75) is 32.7 Å². The van der Waals surface area contributed by atoms with Crippen molar-refractivity contribution in [2.24, 2.45) is 5.92 Å². The SMILES string of the molecule is COC(=O)[C@H]1C(c2cccs2)=Cc2ccccc2O[C@@H]1OC(C)(C)C. The van der Waals surface area contributed by atoms with Crippen LogP contribution in [0.1, 0.15) is 31.2 Å². The largest absolute Gasteiger partial charge is 0.468 e. The molecule has 0 unspecified atom stereocenters. The molecule has 3 rings (SSSR count). The first-order valence-electron chi connectivity index (χ1n) is 8.16. The summed E-state index contributed by atoms with van der Waals surface area (Å²) in [5, 5.41) is 1.99. The van der Waals surface area contributed by atoms with Gasteiger partial charge < -0.3 is 14.2 Å². The first kappa shape index (κ1) is 17.7. The highest BCUT2D eigenvalue weighted by atomic mass is 32.1. The van der Waals surface area contributed by atoms with E-state index in [1.165, 1.54) is 7.11 Å². The number of ether oxygens (including phenoxy) is 3. The number of carbonyl (C=O) groups is 1. The van der Waals surface area contributed by atoms with Gasteiger partial charge in [-0.1, -0.05) is 24.3 Å². The Balaban J connectivity index is 2.16. The summed E-state index contributed by atoms with van der Waals surface area (Å²) in [6, 6.07) is 11.7. The van der Waals surface area contributed by atoms with E-state index in [1.54, 1.807) is 11.3 Å². The quantitative estimate of drug-likeness (QED) is 0.752. The number of hydrogen-bond donors (Lipinski definition) is 0. The number of rotatable bonds is 3. The van der Waals surface area contributed by atoms with Gasteiger partial charge >= 0.3 is 5.97 Å². The zero-order chi connectivity index (χ0) is 18.0. The van der Waals surface area contributed by atoms with E-state index in [4.69, 9.17) is 14.2 Å². The summed E-state index contributed by atoms with van der Waals surface area (Å²) in [6.07, 6.45) is 1.22. The number of esters is 1. The molecule has 0 N–H and O–H groups in total. The minimum atomic E-state index is -0.774. The monoisotopic (exact) mass is 358 g/mol. The van der Waals surface area contributed by atoms with Crippen LogP contribution in [0, 0.1) is 5.92 Å². The van der Waals surface area contributed by atoms with Crippen molar-refractivity contribution in [3.05, 3.63) is 52.2 Å². The zero-order valence-corrected chi connectivity index (χ0v) is 15.6. The second-order valence-electron chi connectivity index (χ2n) is 6.83. The van der Waals surface area contributed by atoms with Crippen molar-refractivity contribution in [1.82, 2.24) is 0 Å². The van der Waals surface area contributed by atoms with Crippen LogP contribution in [0.3, 0.4) is 0 Å². The molecule has 2 heterocycles. The molecule has 2 aromatic rings. The van der Waals surface area contributed by atoms with Crippen LogP contribution >= 0.6 is 11.3 Å². The van der Waals surface area contributed by atoms with E-state index in [0.29, 0.717) is 5.75 Å². The molecule has 5 heteroatoms. The van der Waals surface area contributed by atoms with Gasteiger partial charge in [-0.3, -0.25) is 4.79 Å². The van der Waals surface area contributed by atoms with Gasteiger partial charge in [-0.25, -0.2) is 0 Å². The number of fused-ring (bicyclic) bond motifs is 1. The molecule has 1 aliphatic heterocycles. The normalized spacial score (nSPS) is 20.1. The Morgan fingerprint density at radius 3 is 2.56 bits per heavy atom. The molecule has 1 aliphatic rings. The molecule has 4 nitrogen and oxygen atoms in total. The number of methoxy groups -OCH3 is 1. The van der Waals surface area contributed by atoms with E-state index < -0.39 is 17.8 Å². The Hall–Kier alpha value is -2.11. The van der Waals surface area contributed by atoms with Gasteiger partial charge in [0.25, 0.3) is 0 Å². The van der Waals surface area contributed by atoms with Gasteiger partial charge in [0.1, 0.15) is 11.7 Å². The van der Waals surface area contributed by atoms with E-state index in [0.717, 1.165) is 16.0 Å². The third-order valence-corrected chi connectivity index (χ3v) is 4.73. The van der Waals surface area contributed by atoms with Crippen LogP contribution in [0.2, 0.25) is 0 Å². The van der Waals surface area contributed by atoms with Crippen molar-refractivity contribution in [3.63, 3.8) is 0 Å². The van der Waals surface area contributed by atoms with E-state index in [2.05, 4.69) is 0 Å². The number of para-hydroxylation sites is 1. The fraction of sp³-hybridized carbons (Fsp3) is 0.350. The Labute approximate surface area is 152 Å². The Morgan fingerprint density at radius 2 is 1.92 bits per heavy atom. The molecule has 0 fully saturated rings. The van der Waals surface area contributed by atoms with E-state index >= 15 is 0 Å². The van der Waals surface area contributed by atoms with Gasteiger partial charge in [0, 0.05) is 10.4 Å². The van der Waals surface area contributed by atoms with Crippen LogP contribution in [-0.2, 0) is 14.3 Å². The molecule has 1 aromatic carbocycles. The summed E-state index contributed by atoms with van der Waals surface area (Å²) in [7, 11) is 1.39. The van der Waals surface area contributed by atoms with Crippen LogP contribution < -0.4 is 4.74 Å². The van der Waals surface area contributed by atoms with Crippen molar-refractivity contribution >= 4 is 29.0 Å². The zero-order valence-electron chi connectivity index (χ0n) is 14.8. The topological polar surface area (TPSA) is 44.8 Å². The third-order valence-electron chi connectivity index (χ3n) is 3.81. The Kier molecular flexibility index (Phi) is 4.97. The number of carbonyl (C=O) groups excluding carboxylic acids is 1. The minimum Gasteiger partial charge on any atom is -0.468 e. The standard InChI is InChI=1S/C20H22O4S/c1-20(2,3)24-19-17(18(21)22-4)14(16-10-7-11-25-16)12-13-8-5-6-9-15(13)23-19/h5-12,17,19H,1-4H3/t17-,19-/m1/s1. The van der Waals surface area contributed by atoms with Gasteiger partial charge in [-0.05, 0) is 49.9 Å². The minimum absolute atomic E-state index is 0.373. The number of thiophene rings is 1. The Morgan fingerprint density at radius 1 is 1.16 bits per heavy atom. The number of benzene rings is 1. The molecule has 0 aliphatic carbocycles. The summed E-state index contributed by atoms with van der Waals surface area (Å²) in [5.41, 5.74) is 1.29. The lowest BCUT2D eigenvalue weighted by molar-refractivity contribution is -0.183. The summed E-state index contributed by atoms with van der Waals surface area (Å²) >= 11 is 1.58. The lowest BCUT2D eigenvalue weighted by Crippen LogP contribution is -2.41. The molecule has 1 aromatic heterocycles. The Bertz CT molecular complexity index is 771. The van der Waals surface area contributed by atoms with Crippen LogP contribution in [-0.4, -0.2) is 25.0 Å². The van der Waals surface area contributed by atoms with Gasteiger partial charge in [-0.15, -0.1) is 11.3 Å². The second-order valence-corrected chi connectivity index (χ2v) is 7.78. The molecule has 2 atom stereocenters. The van der Waals surface area contributed by atoms with Crippen molar-refractivity contribution < 1.29 is 19.0 Å². The maximum Gasteiger partial charge on any atom is 0.319 e. The van der Waals surface area contributed by atoms with Crippen LogP contribution in [0.4, 0.5) is 0 Å². The highest BCUT2D eigenvalue weighted by Crippen LogP contribution is 2.40. The smallest absolute Gasteiger partial charge is 0.319 e. The fourth-order valence-electron chi connectivity index (χ4n) is 2.78. The molecule has 0 saturated carbocycles. The number of hydrogen-bond acceptors (Lipinski definition) is 5. The van der Waals surface area contributed by atoms with E-state index in [-0.39, 0.29) is 5.97 Å². The maximum absolute atomic E-state index is 12.7. The highest BCUT2D eigenvalue weighted by Gasteiger charge is 2.40. The second kappa shape index (κ2) is 7.02. The van der Waals surface area contributed by atoms with E-state index in [1.807, 2.05) is 68.6 Å². The van der Waals surface area contributed by atoms with Crippen LogP contribution in [0.5, 0.6) is 5.75 Å². The molecule has 132 valence electrons. The summed E-state index contributed by atoms with van der Waals surface area (Å²) < 4.78 is 17.3. The lowest BCUT2D eigenvalue weighted by Gasteiger charge is -2.31. The summed E-state index contributed by atoms with van der Waals surface area (Å²) in [4.78, 5) is 13.7. The first-order chi connectivity index (χ1) is 11.9. The average molecular weight is 358 g/mol. The van der Waals surface area contributed by atoms with Crippen molar-refractivity contribution in [2.75, 3.05) is 7.11 Å². The molecule has 0 radical (unpaired) electrons. The molecule has 25 heavy (non-hydrogen) atoms. The maximum atomic E-state index is 12.7. The summed E-state index contributed by atoms with van der Waals surface area (Å²) in [5.74, 6) is -0.353.